The molecular formula is C19H21N5OS. The summed E-state index contributed by atoms with van der Waals surface area (Å²) in [5.74, 6) is 6.92. The van der Waals surface area contributed by atoms with Crippen molar-refractivity contribution in [2.45, 2.75) is 25.0 Å². The third-order valence-electron chi connectivity index (χ3n) is 3.84. The van der Waals surface area contributed by atoms with Gasteiger partial charge >= 0.3 is 0 Å². The first kappa shape index (κ1) is 18.0. The van der Waals surface area contributed by atoms with E-state index in [1.165, 1.54) is 16.4 Å². The van der Waals surface area contributed by atoms with E-state index in [9.17, 15) is 4.79 Å². The molecule has 6 nitrogen and oxygen atoms in total. The van der Waals surface area contributed by atoms with Crippen LogP contribution in [0.2, 0.25) is 0 Å². The molecule has 0 aliphatic carbocycles. The van der Waals surface area contributed by atoms with Crippen molar-refractivity contribution < 1.29 is 4.79 Å². The molecule has 0 atom stereocenters. The SMILES string of the molecule is CC(C)N(C(=O)CSc1nnc(-c2ccccc2)n1N)c1ccccc1. The highest BCUT2D eigenvalue weighted by Gasteiger charge is 2.20. The molecule has 0 unspecified atom stereocenters. The summed E-state index contributed by atoms with van der Waals surface area (Å²) in [6.07, 6.45) is 0. The van der Waals surface area contributed by atoms with Crippen molar-refractivity contribution in [2.24, 2.45) is 0 Å². The van der Waals surface area contributed by atoms with Gasteiger partial charge in [-0.15, -0.1) is 10.2 Å². The predicted octanol–water partition coefficient (Wildman–Crippen LogP) is 3.19. The third kappa shape index (κ3) is 3.88. The molecule has 0 saturated carbocycles. The number of aromatic nitrogens is 3. The molecule has 0 saturated heterocycles. The van der Waals surface area contributed by atoms with Crippen LogP contribution in [0.3, 0.4) is 0 Å². The van der Waals surface area contributed by atoms with E-state index in [-0.39, 0.29) is 17.7 Å². The zero-order valence-electron chi connectivity index (χ0n) is 14.7. The Labute approximate surface area is 157 Å². The minimum Gasteiger partial charge on any atom is -0.335 e. The quantitative estimate of drug-likeness (QED) is 0.535. The molecule has 3 rings (SSSR count). The summed E-state index contributed by atoms with van der Waals surface area (Å²) in [6.45, 7) is 3.99. The minimum absolute atomic E-state index is 0.000427. The highest BCUT2D eigenvalue weighted by molar-refractivity contribution is 7.99. The zero-order valence-corrected chi connectivity index (χ0v) is 15.6. The summed E-state index contributed by atoms with van der Waals surface area (Å²) in [6, 6.07) is 19.3. The molecule has 26 heavy (non-hydrogen) atoms. The van der Waals surface area contributed by atoms with Gasteiger partial charge < -0.3 is 10.7 Å². The fourth-order valence-electron chi connectivity index (χ4n) is 2.67. The fourth-order valence-corrected chi connectivity index (χ4v) is 3.39. The predicted molar refractivity (Wildman–Crippen MR) is 105 cm³/mol. The summed E-state index contributed by atoms with van der Waals surface area (Å²) in [4.78, 5) is 14.5. The van der Waals surface area contributed by atoms with Crippen LogP contribution in [-0.2, 0) is 4.79 Å². The largest absolute Gasteiger partial charge is 0.335 e. The highest BCUT2D eigenvalue weighted by Crippen LogP contribution is 2.23. The van der Waals surface area contributed by atoms with Crippen molar-refractivity contribution in [3.05, 3.63) is 60.7 Å². The molecular weight excluding hydrogens is 346 g/mol. The summed E-state index contributed by atoms with van der Waals surface area (Å²) >= 11 is 1.28. The minimum atomic E-state index is 0.000427. The van der Waals surface area contributed by atoms with E-state index in [1.54, 1.807) is 4.90 Å². The van der Waals surface area contributed by atoms with Gasteiger partial charge in [0.25, 0.3) is 0 Å². The van der Waals surface area contributed by atoms with Crippen molar-refractivity contribution in [2.75, 3.05) is 16.5 Å². The zero-order chi connectivity index (χ0) is 18.5. The monoisotopic (exact) mass is 367 g/mol. The summed E-state index contributed by atoms with van der Waals surface area (Å²) < 4.78 is 1.43. The number of benzene rings is 2. The molecule has 0 bridgehead atoms. The lowest BCUT2D eigenvalue weighted by molar-refractivity contribution is -0.116. The van der Waals surface area contributed by atoms with Crippen LogP contribution in [0.25, 0.3) is 11.4 Å². The molecule has 3 aromatic rings. The lowest BCUT2D eigenvalue weighted by Crippen LogP contribution is -2.38. The average molecular weight is 367 g/mol. The number of rotatable bonds is 6. The molecule has 134 valence electrons. The van der Waals surface area contributed by atoms with Crippen molar-refractivity contribution in [3.8, 4) is 11.4 Å². The number of para-hydroxylation sites is 1. The van der Waals surface area contributed by atoms with Crippen LogP contribution in [-0.4, -0.2) is 32.6 Å². The molecule has 2 N–H and O–H groups in total. The highest BCUT2D eigenvalue weighted by atomic mass is 32.2. The molecule has 0 spiro atoms. The van der Waals surface area contributed by atoms with Crippen LogP contribution >= 0.6 is 11.8 Å². The molecule has 0 aliphatic heterocycles. The first-order valence-electron chi connectivity index (χ1n) is 8.33. The Morgan fingerprint density at radius 1 is 1.08 bits per heavy atom. The molecule has 0 fully saturated rings. The summed E-state index contributed by atoms with van der Waals surface area (Å²) in [5, 5.41) is 8.77. The van der Waals surface area contributed by atoms with Crippen LogP contribution in [0.15, 0.2) is 65.8 Å². The van der Waals surface area contributed by atoms with Gasteiger partial charge in [-0.3, -0.25) is 4.79 Å². The van der Waals surface area contributed by atoms with Crippen LogP contribution in [0.4, 0.5) is 5.69 Å². The van der Waals surface area contributed by atoms with Gasteiger partial charge in [0, 0.05) is 17.3 Å². The van der Waals surface area contributed by atoms with E-state index in [0.29, 0.717) is 11.0 Å². The average Bonchev–Trinajstić information content (AvgIpc) is 3.02. The first-order chi connectivity index (χ1) is 12.6. The van der Waals surface area contributed by atoms with E-state index >= 15 is 0 Å². The van der Waals surface area contributed by atoms with E-state index in [2.05, 4.69) is 10.2 Å². The number of nitrogens with two attached hydrogens (primary N) is 1. The number of anilines is 1. The van der Waals surface area contributed by atoms with Gasteiger partial charge in [-0.2, -0.15) is 0 Å². The first-order valence-corrected chi connectivity index (χ1v) is 9.32. The van der Waals surface area contributed by atoms with Crippen LogP contribution < -0.4 is 10.7 Å². The van der Waals surface area contributed by atoms with Crippen molar-refractivity contribution in [3.63, 3.8) is 0 Å². The Morgan fingerprint density at radius 3 is 2.31 bits per heavy atom. The Hall–Kier alpha value is -2.80. The Morgan fingerprint density at radius 2 is 1.69 bits per heavy atom. The van der Waals surface area contributed by atoms with Crippen molar-refractivity contribution in [1.29, 1.82) is 0 Å². The third-order valence-corrected chi connectivity index (χ3v) is 4.77. The maximum absolute atomic E-state index is 12.8. The Kier molecular flexibility index (Phi) is 5.58. The number of amides is 1. The van der Waals surface area contributed by atoms with E-state index in [4.69, 9.17) is 5.84 Å². The normalized spacial score (nSPS) is 10.9. The Bertz CT molecular complexity index is 864. The fraction of sp³-hybridized carbons (Fsp3) is 0.211. The van der Waals surface area contributed by atoms with Gasteiger partial charge in [0.15, 0.2) is 5.82 Å². The number of nitrogens with zero attached hydrogens (tertiary/aromatic N) is 4. The summed E-state index contributed by atoms with van der Waals surface area (Å²) in [7, 11) is 0. The van der Waals surface area contributed by atoms with Crippen molar-refractivity contribution in [1.82, 2.24) is 14.9 Å². The number of carbonyl (C=O) groups excluding carboxylic acids is 1. The smallest absolute Gasteiger partial charge is 0.237 e. The molecule has 0 aliphatic rings. The van der Waals surface area contributed by atoms with Gasteiger partial charge in [0.2, 0.25) is 11.1 Å². The van der Waals surface area contributed by atoms with E-state index in [1.807, 2.05) is 74.5 Å². The second kappa shape index (κ2) is 8.05. The second-order valence-corrected chi connectivity index (χ2v) is 6.97. The maximum atomic E-state index is 12.8. The second-order valence-electron chi connectivity index (χ2n) is 6.02. The molecule has 7 heteroatoms. The van der Waals surface area contributed by atoms with Gasteiger partial charge in [-0.1, -0.05) is 60.3 Å². The summed E-state index contributed by atoms with van der Waals surface area (Å²) in [5.41, 5.74) is 1.76. The number of hydrogen-bond acceptors (Lipinski definition) is 5. The molecule has 0 radical (unpaired) electrons. The number of hydrogen-bond donors (Lipinski definition) is 1. The lowest BCUT2D eigenvalue weighted by atomic mass is 10.2. The molecule has 1 amide bonds. The van der Waals surface area contributed by atoms with E-state index in [0.717, 1.165) is 11.3 Å². The van der Waals surface area contributed by atoms with E-state index < -0.39 is 0 Å². The maximum Gasteiger partial charge on any atom is 0.237 e. The molecule has 1 heterocycles. The van der Waals surface area contributed by atoms with Gasteiger partial charge in [0.05, 0.1) is 5.75 Å². The topological polar surface area (TPSA) is 77.0 Å². The van der Waals surface area contributed by atoms with Gasteiger partial charge in [-0.05, 0) is 26.0 Å². The van der Waals surface area contributed by atoms with Crippen LogP contribution in [0.5, 0.6) is 0 Å². The van der Waals surface area contributed by atoms with Crippen LogP contribution in [0.1, 0.15) is 13.8 Å². The Balaban J connectivity index is 1.72. The number of carbonyl (C=O) groups is 1. The lowest BCUT2D eigenvalue weighted by Gasteiger charge is -2.26. The molecule has 1 aromatic heterocycles. The number of thioether (sulfide) groups is 1. The van der Waals surface area contributed by atoms with Crippen LogP contribution in [0, 0.1) is 0 Å². The molecule has 2 aromatic carbocycles. The van der Waals surface area contributed by atoms with Gasteiger partial charge in [-0.25, -0.2) is 4.68 Å². The number of nitrogen functional groups attached to an aromatic ring is 1. The standard InChI is InChI=1S/C19H21N5OS/c1-14(2)23(16-11-7-4-8-12-16)17(25)13-26-19-22-21-18(24(19)20)15-9-5-3-6-10-15/h3-12,14H,13,20H2,1-2H3. The van der Waals surface area contributed by atoms with Gasteiger partial charge in [0.1, 0.15) is 0 Å². The van der Waals surface area contributed by atoms with Crippen molar-refractivity contribution >= 4 is 23.4 Å².